The fourth-order valence-electron chi connectivity index (χ4n) is 2.74. The lowest BCUT2D eigenvalue weighted by Gasteiger charge is -2.39. The Bertz CT molecular complexity index is 443. The van der Waals surface area contributed by atoms with Crippen molar-refractivity contribution in [1.82, 2.24) is 9.47 Å². The zero-order chi connectivity index (χ0) is 13.3. The minimum atomic E-state index is 0.0337. The number of carbonyl (C=O) groups is 1. The van der Waals surface area contributed by atoms with Crippen LogP contribution in [0.3, 0.4) is 0 Å². The van der Waals surface area contributed by atoms with E-state index in [2.05, 4.69) is 6.92 Å². The molecule has 5 heteroatoms. The van der Waals surface area contributed by atoms with Gasteiger partial charge in [0.05, 0.1) is 5.02 Å². The van der Waals surface area contributed by atoms with Gasteiger partial charge >= 0.3 is 0 Å². The number of carbonyl (C=O) groups excluding carboxylic acids is 1. The van der Waals surface area contributed by atoms with Gasteiger partial charge in [-0.2, -0.15) is 0 Å². The maximum atomic E-state index is 12.5. The van der Waals surface area contributed by atoms with Gasteiger partial charge in [-0.15, -0.1) is 0 Å². The molecule has 1 aromatic heterocycles. The smallest absolute Gasteiger partial charge is 0.270 e. The van der Waals surface area contributed by atoms with Crippen LogP contribution in [-0.4, -0.2) is 34.5 Å². The number of piperidine rings is 1. The molecule has 2 heterocycles. The summed E-state index contributed by atoms with van der Waals surface area (Å²) in [6, 6.07) is 1.86. The summed E-state index contributed by atoms with van der Waals surface area (Å²) in [5, 5.41) is 0.593. The Hall–Kier alpha value is -1.00. The molecule has 0 aromatic carbocycles. The number of likely N-dealkylation sites (tertiary alicyclic amines) is 1. The number of rotatable bonds is 2. The van der Waals surface area contributed by atoms with Crippen LogP contribution >= 0.6 is 11.6 Å². The largest absolute Gasteiger partial charge is 0.345 e. The van der Waals surface area contributed by atoms with Crippen LogP contribution < -0.4 is 5.73 Å². The van der Waals surface area contributed by atoms with E-state index in [1.165, 1.54) is 0 Å². The molecule has 4 nitrogen and oxygen atoms in total. The molecule has 2 N–H and O–H groups in total. The zero-order valence-corrected chi connectivity index (χ0v) is 11.7. The molecule has 0 radical (unpaired) electrons. The number of hydrogen-bond acceptors (Lipinski definition) is 2. The molecule has 18 heavy (non-hydrogen) atoms. The molecule has 0 spiro atoms. The second-order valence-corrected chi connectivity index (χ2v) is 5.51. The van der Waals surface area contributed by atoms with Crippen molar-refractivity contribution < 1.29 is 4.79 Å². The fraction of sp³-hybridized carbons (Fsp3) is 0.615. The van der Waals surface area contributed by atoms with Crippen molar-refractivity contribution in [1.29, 1.82) is 0 Å². The second-order valence-electron chi connectivity index (χ2n) is 5.08. The van der Waals surface area contributed by atoms with Crippen LogP contribution in [0, 0.1) is 5.92 Å². The van der Waals surface area contributed by atoms with Crippen LogP contribution in [0.25, 0.3) is 0 Å². The highest BCUT2D eigenvalue weighted by Gasteiger charge is 2.32. The van der Waals surface area contributed by atoms with Gasteiger partial charge in [-0.3, -0.25) is 4.79 Å². The Morgan fingerprint density at radius 2 is 2.33 bits per heavy atom. The molecule has 1 amide bonds. The van der Waals surface area contributed by atoms with Gasteiger partial charge in [-0.05, 0) is 24.8 Å². The van der Waals surface area contributed by atoms with Crippen molar-refractivity contribution in [2.75, 3.05) is 13.1 Å². The average molecular weight is 270 g/mol. The molecule has 1 saturated heterocycles. The summed E-state index contributed by atoms with van der Waals surface area (Å²) >= 11 is 5.93. The molecule has 1 fully saturated rings. The number of hydrogen-bond donors (Lipinski definition) is 1. The average Bonchev–Trinajstić information content (AvgIpc) is 2.67. The van der Waals surface area contributed by atoms with Crippen molar-refractivity contribution in [3.05, 3.63) is 23.0 Å². The van der Waals surface area contributed by atoms with E-state index in [9.17, 15) is 4.79 Å². The molecule has 2 rings (SSSR count). The van der Waals surface area contributed by atoms with Crippen molar-refractivity contribution in [3.63, 3.8) is 0 Å². The Labute approximate surface area is 113 Å². The van der Waals surface area contributed by atoms with Gasteiger partial charge in [-0.25, -0.2) is 0 Å². The number of aromatic nitrogens is 1. The fourth-order valence-corrected chi connectivity index (χ4v) is 2.99. The lowest BCUT2D eigenvalue weighted by atomic mass is 9.90. The summed E-state index contributed by atoms with van der Waals surface area (Å²) in [7, 11) is 1.84. The van der Waals surface area contributed by atoms with Crippen LogP contribution in [0.2, 0.25) is 5.02 Å². The summed E-state index contributed by atoms with van der Waals surface area (Å²) in [5.41, 5.74) is 6.45. The Kier molecular flexibility index (Phi) is 3.97. The van der Waals surface area contributed by atoms with E-state index in [1.807, 2.05) is 11.9 Å². The Balaban J connectivity index is 2.24. The van der Waals surface area contributed by atoms with E-state index in [0.29, 0.717) is 23.2 Å². The highest BCUT2D eigenvalue weighted by atomic mass is 35.5. The third-order valence-corrected chi connectivity index (χ3v) is 4.02. The molecule has 1 aliphatic heterocycles. The predicted molar refractivity (Wildman–Crippen MR) is 72.7 cm³/mol. The van der Waals surface area contributed by atoms with Gasteiger partial charge in [0.25, 0.3) is 5.91 Å². The van der Waals surface area contributed by atoms with E-state index in [1.54, 1.807) is 16.8 Å². The van der Waals surface area contributed by atoms with E-state index in [4.69, 9.17) is 17.3 Å². The number of aryl methyl sites for hydroxylation is 1. The summed E-state index contributed by atoms with van der Waals surface area (Å²) < 4.78 is 1.78. The highest BCUT2D eigenvalue weighted by molar-refractivity contribution is 6.31. The lowest BCUT2D eigenvalue weighted by Crippen LogP contribution is -2.51. The molecule has 0 saturated carbocycles. The summed E-state index contributed by atoms with van der Waals surface area (Å²) in [4.78, 5) is 14.4. The van der Waals surface area contributed by atoms with Crippen LogP contribution in [0.1, 0.15) is 30.3 Å². The van der Waals surface area contributed by atoms with Crippen molar-refractivity contribution >= 4 is 17.5 Å². The first-order chi connectivity index (χ1) is 8.54. The number of nitrogens with two attached hydrogens (primary N) is 1. The topological polar surface area (TPSA) is 51.3 Å². The normalized spacial score (nSPS) is 24.3. The number of nitrogens with zero attached hydrogens (tertiary/aromatic N) is 2. The van der Waals surface area contributed by atoms with Crippen LogP contribution in [0.5, 0.6) is 0 Å². The SMILES string of the molecule is CC1CCCN(C(=O)c2cc(Cl)cn2C)C1CN. The molecule has 1 aromatic rings. The van der Waals surface area contributed by atoms with Crippen LogP contribution in [-0.2, 0) is 7.05 Å². The standard InChI is InChI=1S/C13H20ClN3O/c1-9-4-3-5-17(12(9)7-15)13(18)11-6-10(14)8-16(11)2/h6,8-9,12H,3-5,7,15H2,1-2H3. The highest BCUT2D eigenvalue weighted by Crippen LogP contribution is 2.25. The molecule has 0 bridgehead atoms. The molecular formula is C13H20ClN3O. The van der Waals surface area contributed by atoms with E-state index in [-0.39, 0.29) is 11.9 Å². The maximum absolute atomic E-state index is 12.5. The summed E-state index contributed by atoms with van der Waals surface area (Å²) in [5.74, 6) is 0.495. The van der Waals surface area contributed by atoms with Gasteiger partial charge in [0, 0.05) is 32.4 Å². The molecule has 1 aliphatic rings. The predicted octanol–water partition coefficient (Wildman–Crippen LogP) is 1.88. The van der Waals surface area contributed by atoms with Crippen molar-refractivity contribution in [2.45, 2.75) is 25.8 Å². The van der Waals surface area contributed by atoms with Gasteiger partial charge in [-0.1, -0.05) is 18.5 Å². The first kappa shape index (κ1) is 13.4. The number of halogens is 1. The molecule has 100 valence electrons. The van der Waals surface area contributed by atoms with E-state index >= 15 is 0 Å². The first-order valence-corrected chi connectivity index (χ1v) is 6.75. The third kappa shape index (κ3) is 2.40. The summed E-state index contributed by atoms with van der Waals surface area (Å²) in [6.45, 7) is 3.47. The first-order valence-electron chi connectivity index (χ1n) is 6.37. The maximum Gasteiger partial charge on any atom is 0.270 e. The molecule has 0 aliphatic carbocycles. The van der Waals surface area contributed by atoms with Gasteiger partial charge in [0.2, 0.25) is 0 Å². The minimum Gasteiger partial charge on any atom is -0.345 e. The van der Waals surface area contributed by atoms with Gasteiger partial charge in [0.1, 0.15) is 5.69 Å². The third-order valence-electron chi connectivity index (χ3n) is 3.81. The van der Waals surface area contributed by atoms with Gasteiger partial charge < -0.3 is 15.2 Å². The van der Waals surface area contributed by atoms with Crippen LogP contribution in [0.4, 0.5) is 0 Å². The Morgan fingerprint density at radius 3 is 2.89 bits per heavy atom. The van der Waals surface area contributed by atoms with E-state index < -0.39 is 0 Å². The molecule has 2 atom stereocenters. The Morgan fingerprint density at radius 1 is 1.61 bits per heavy atom. The lowest BCUT2D eigenvalue weighted by molar-refractivity contribution is 0.0523. The van der Waals surface area contributed by atoms with Gasteiger partial charge in [0.15, 0.2) is 0 Å². The van der Waals surface area contributed by atoms with E-state index in [0.717, 1.165) is 19.4 Å². The minimum absolute atomic E-state index is 0.0337. The monoisotopic (exact) mass is 269 g/mol. The quantitative estimate of drug-likeness (QED) is 0.891. The van der Waals surface area contributed by atoms with Crippen molar-refractivity contribution in [3.8, 4) is 0 Å². The second kappa shape index (κ2) is 5.33. The van der Waals surface area contributed by atoms with Crippen LogP contribution in [0.15, 0.2) is 12.3 Å². The zero-order valence-electron chi connectivity index (χ0n) is 10.9. The van der Waals surface area contributed by atoms with Crippen molar-refractivity contribution in [2.24, 2.45) is 18.7 Å². The molecular weight excluding hydrogens is 250 g/mol. The number of amides is 1. The molecule has 2 unspecified atom stereocenters. The summed E-state index contributed by atoms with van der Waals surface area (Å²) in [6.07, 6.45) is 3.93.